The van der Waals surface area contributed by atoms with Crippen LogP contribution in [0.4, 0.5) is 10.6 Å². The van der Waals surface area contributed by atoms with E-state index in [0.29, 0.717) is 64.5 Å². The van der Waals surface area contributed by atoms with Crippen molar-refractivity contribution in [3.8, 4) is 34.2 Å². The number of thiophene rings is 1. The lowest BCUT2D eigenvalue weighted by Gasteiger charge is -2.33. The largest absolute Gasteiger partial charge is 0.467 e. The molecule has 3 amide bonds. The average molecular weight is 668 g/mol. The van der Waals surface area contributed by atoms with E-state index in [1.807, 2.05) is 45.0 Å². The third kappa shape index (κ3) is 8.36. The maximum absolute atomic E-state index is 13.7. The number of nitrogens with zero attached hydrogens (tertiary/aromatic N) is 3. The quantitative estimate of drug-likeness (QED) is 0.188. The summed E-state index contributed by atoms with van der Waals surface area (Å²) in [7, 11) is 1.52. The summed E-state index contributed by atoms with van der Waals surface area (Å²) in [6.07, 6.45) is 0.715. The van der Waals surface area contributed by atoms with E-state index < -0.39 is 17.6 Å². The molecule has 12 heteroatoms. The molecule has 11 nitrogen and oxygen atoms in total. The maximum atomic E-state index is 13.7. The average Bonchev–Trinajstić information content (AvgIpc) is 3.62. The zero-order valence-electron chi connectivity index (χ0n) is 27.2. The van der Waals surface area contributed by atoms with Crippen molar-refractivity contribution in [2.24, 2.45) is 0 Å². The summed E-state index contributed by atoms with van der Waals surface area (Å²) in [5, 5.41) is 17.9. The second-order valence-electron chi connectivity index (χ2n) is 12.2. The maximum Gasteiger partial charge on any atom is 0.407 e. The zero-order valence-corrected chi connectivity index (χ0v) is 28.1. The molecule has 248 valence electrons. The van der Waals surface area contributed by atoms with Gasteiger partial charge in [-0.25, -0.2) is 9.78 Å². The van der Waals surface area contributed by atoms with Crippen LogP contribution in [0.15, 0.2) is 72.1 Å². The standard InChI is InChI=1S/C36H37N5O6S/c1-36(2,3)47-35(44)38-25-14-16-41(17-15-25)34(43)24-10-7-9-23(19-24)27-20-29(26-11-5-6-12-30(26)46-22-45-4)39-32(28(27)21-37)40-33(42)31-13-8-18-48-31/h5-13,18-20,25H,14-17,22H2,1-4H3,(H,38,44)(H,39,40,42). The number of para-hydroxylation sites is 1. The number of pyridine rings is 1. The third-order valence-electron chi connectivity index (χ3n) is 7.53. The summed E-state index contributed by atoms with van der Waals surface area (Å²) in [5.74, 6) is 0.0344. The highest BCUT2D eigenvalue weighted by molar-refractivity contribution is 7.12. The molecule has 0 bridgehead atoms. The van der Waals surface area contributed by atoms with Crippen LogP contribution in [-0.4, -0.2) is 66.4 Å². The molecule has 1 fully saturated rings. The molecular formula is C36H37N5O6S. The van der Waals surface area contributed by atoms with Gasteiger partial charge >= 0.3 is 6.09 Å². The van der Waals surface area contributed by atoms with E-state index in [1.165, 1.54) is 18.4 Å². The molecule has 2 aromatic heterocycles. The fourth-order valence-electron chi connectivity index (χ4n) is 5.32. The van der Waals surface area contributed by atoms with Gasteiger partial charge in [0.2, 0.25) is 0 Å². The summed E-state index contributed by atoms with van der Waals surface area (Å²) in [6.45, 7) is 6.37. The Labute approximate surface area is 283 Å². The van der Waals surface area contributed by atoms with Crippen molar-refractivity contribution >= 4 is 35.1 Å². The van der Waals surface area contributed by atoms with Crippen LogP contribution in [0.5, 0.6) is 5.75 Å². The molecule has 1 aliphatic heterocycles. The highest BCUT2D eigenvalue weighted by atomic mass is 32.1. The minimum absolute atomic E-state index is 0.0145. The number of hydrogen-bond acceptors (Lipinski definition) is 9. The van der Waals surface area contributed by atoms with Gasteiger partial charge in [-0.3, -0.25) is 9.59 Å². The van der Waals surface area contributed by atoms with E-state index in [9.17, 15) is 19.6 Å². The summed E-state index contributed by atoms with van der Waals surface area (Å²) >= 11 is 1.27. The number of rotatable bonds is 9. The molecule has 5 rings (SSSR count). The van der Waals surface area contributed by atoms with Crippen LogP contribution >= 0.6 is 11.3 Å². The second-order valence-corrected chi connectivity index (χ2v) is 13.1. The van der Waals surface area contributed by atoms with Crippen LogP contribution in [0.2, 0.25) is 0 Å². The number of carbonyl (C=O) groups excluding carboxylic acids is 3. The Balaban J connectivity index is 1.46. The first-order valence-electron chi connectivity index (χ1n) is 15.5. The first-order chi connectivity index (χ1) is 23.1. The number of amides is 3. The smallest absolute Gasteiger partial charge is 0.407 e. The van der Waals surface area contributed by atoms with Crippen molar-refractivity contribution in [2.75, 3.05) is 32.3 Å². The number of alkyl carbamates (subject to hydrolysis) is 1. The van der Waals surface area contributed by atoms with Crippen molar-refractivity contribution in [3.05, 3.63) is 88.1 Å². The number of nitrogens with one attached hydrogen (secondary N) is 2. The monoisotopic (exact) mass is 667 g/mol. The molecule has 0 aliphatic carbocycles. The molecule has 1 saturated heterocycles. The first kappa shape index (κ1) is 34.1. The van der Waals surface area contributed by atoms with E-state index in [-0.39, 0.29) is 30.1 Å². The summed E-state index contributed by atoms with van der Waals surface area (Å²) in [4.78, 5) is 46.0. The van der Waals surface area contributed by atoms with Gasteiger partial charge < -0.3 is 29.7 Å². The lowest BCUT2D eigenvalue weighted by molar-refractivity contribution is 0.0472. The Hall–Kier alpha value is -5.25. The molecular weight excluding hydrogens is 630 g/mol. The Kier molecular flexibility index (Phi) is 10.7. The van der Waals surface area contributed by atoms with E-state index in [2.05, 4.69) is 16.7 Å². The summed E-state index contributed by atoms with van der Waals surface area (Å²) in [5.41, 5.74) is 2.17. The van der Waals surface area contributed by atoms with Gasteiger partial charge in [-0.1, -0.05) is 30.3 Å². The number of nitriles is 1. The third-order valence-corrected chi connectivity index (χ3v) is 8.40. The number of anilines is 1. The van der Waals surface area contributed by atoms with Crippen molar-refractivity contribution in [1.29, 1.82) is 5.26 Å². The Morgan fingerprint density at radius 3 is 2.48 bits per heavy atom. The Morgan fingerprint density at radius 1 is 1.02 bits per heavy atom. The molecule has 0 radical (unpaired) electrons. The van der Waals surface area contributed by atoms with Gasteiger partial charge in [-0.2, -0.15) is 5.26 Å². The van der Waals surface area contributed by atoms with Crippen molar-refractivity contribution in [2.45, 2.75) is 45.3 Å². The first-order valence-corrected chi connectivity index (χ1v) is 16.3. The molecule has 2 aromatic carbocycles. The normalized spacial score (nSPS) is 13.4. The van der Waals surface area contributed by atoms with Crippen LogP contribution in [0.3, 0.4) is 0 Å². The lowest BCUT2D eigenvalue weighted by Crippen LogP contribution is -2.47. The molecule has 1 aliphatic rings. The summed E-state index contributed by atoms with van der Waals surface area (Å²) in [6, 6.07) is 21.7. The number of methoxy groups -OCH3 is 1. The van der Waals surface area contributed by atoms with Gasteiger partial charge in [0.15, 0.2) is 12.6 Å². The molecule has 4 aromatic rings. The Morgan fingerprint density at radius 2 is 1.79 bits per heavy atom. The molecule has 3 heterocycles. The van der Waals surface area contributed by atoms with E-state index in [4.69, 9.17) is 19.2 Å². The van der Waals surface area contributed by atoms with Crippen molar-refractivity contribution < 1.29 is 28.6 Å². The highest BCUT2D eigenvalue weighted by Gasteiger charge is 2.27. The predicted molar refractivity (Wildman–Crippen MR) is 183 cm³/mol. The zero-order chi connectivity index (χ0) is 34.3. The molecule has 0 spiro atoms. The van der Waals surface area contributed by atoms with Crippen LogP contribution in [0.25, 0.3) is 22.4 Å². The lowest BCUT2D eigenvalue weighted by atomic mass is 9.96. The number of hydrogen-bond donors (Lipinski definition) is 2. The molecule has 48 heavy (non-hydrogen) atoms. The highest BCUT2D eigenvalue weighted by Crippen LogP contribution is 2.36. The number of aromatic nitrogens is 1. The van der Waals surface area contributed by atoms with Gasteiger partial charge in [0.05, 0.1) is 10.6 Å². The molecule has 0 unspecified atom stereocenters. The molecule has 0 saturated carbocycles. The van der Waals surface area contributed by atoms with E-state index in [1.54, 1.807) is 52.7 Å². The predicted octanol–water partition coefficient (Wildman–Crippen LogP) is 6.71. The van der Waals surface area contributed by atoms with Gasteiger partial charge in [-0.15, -0.1) is 11.3 Å². The topological polar surface area (TPSA) is 143 Å². The SMILES string of the molecule is COCOc1ccccc1-c1cc(-c2cccc(C(=O)N3CCC(NC(=O)OC(C)(C)C)CC3)c2)c(C#N)c(NC(=O)c2cccs2)n1. The van der Waals surface area contributed by atoms with Gasteiger partial charge in [0.25, 0.3) is 11.8 Å². The fraction of sp³-hybridized carbons (Fsp3) is 0.306. The van der Waals surface area contributed by atoms with E-state index >= 15 is 0 Å². The molecule has 0 atom stereocenters. The van der Waals surface area contributed by atoms with Crippen LogP contribution < -0.4 is 15.4 Å². The summed E-state index contributed by atoms with van der Waals surface area (Å²) < 4.78 is 16.3. The van der Waals surface area contributed by atoms with Gasteiger partial charge in [0, 0.05) is 42.9 Å². The minimum atomic E-state index is -0.593. The number of likely N-dealkylation sites (tertiary alicyclic amines) is 1. The number of ether oxygens (including phenoxy) is 3. The Bertz CT molecular complexity index is 1820. The minimum Gasteiger partial charge on any atom is -0.467 e. The second kappa shape index (κ2) is 15.1. The van der Waals surface area contributed by atoms with E-state index in [0.717, 1.165) is 0 Å². The van der Waals surface area contributed by atoms with Crippen LogP contribution in [0, 0.1) is 11.3 Å². The van der Waals surface area contributed by atoms with Crippen molar-refractivity contribution in [1.82, 2.24) is 15.2 Å². The van der Waals surface area contributed by atoms with Crippen LogP contribution in [-0.2, 0) is 9.47 Å². The van der Waals surface area contributed by atoms with Crippen LogP contribution in [0.1, 0.15) is 59.2 Å². The van der Waals surface area contributed by atoms with Crippen molar-refractivity contribution in [3.63, 3.8) is 0 Å². The van der Waals surface area contributed by atoms with Gasteiger partial charge in [-0.05, 0) is 81.0 Å². The van der Waals surface area contributed by atoms with Gasteiger partial charge in [0.1, 0.15) is 23.0 Å². The fourth-order valence-corrected chi connectivity index (χ4v) is 5.94. The number of carbonyl (C=O) groups is 3. The number of benzene rings is 2. The number of piperidine rings is 1. The molecule has 2 N–H and O–H groups in total.